The van der Waals surface area contributed by atoms with Gasteiger partial charge in [-0.25, -0.2) is 13.2 Å². The third kappa shape index (κ3) is 4.99. The molecule has 0 aliphatic rings. The van der Waals surface area contributed by atoms with Crippen LogP contribution in [-0.2, 0) is 18.5 Å². The quantitative estimate of drug-likeness (QED) is 0.614. The first kappa shape index (κ1) is 16.2. The molecule has 0 heterocycles. The van der Waals surface area contributed by atoms with E-state index in [-0.39, 0.29) is 22.1 Å². The van der Waals surface area contributed by atoms with Crippen molar-refractivity contribution in [3.8, 4) is 0 Å². The van der Waals surface area contributed by atoms with Crippen LogP contribution in [0.3, 0.4) is 0 Å². The lowest BCUT2D eigenvalue weighted by Crippen LogP contribution is -2.19. The topological polar surface area (TPSA) is 69.7 Å². The molecule has 0 saturated heterocycles. The fraction of sp³-hybridized carbons (Fsp3) is 0.364. The largest absolute Gasteiger partial charge is 0.457 e. The standard InChI is InChI=1S/C11H12Cl2O5S/c1-7(6-17-2)18-11(14)8-3-9(12)5-10(4-8)19(13,15)16/h3-5,7H,6H2,1-2H3. The summed E-state index contributed by atoms with van der Waals surface area (Å²) in [7, 11) is 2.71. The summed E-state index contributed by atoms with van der Waals surface area (Å²) < 4.78 is 32.3. The molecule has 0 spiro atoms. The Hall–Kier alpha value is -0.820. The van der Waals surface area contributed by atoms with Crippen LogP contribution in [0.2, 0.25) is 5.02 Å². The number of benzene rings is 1. The number of carbonyl (C=O) groups is 1. The second-order valence-corrected chi connectivity index (χ2v) is 6.79. The van der Waals surface area contributed by atoms with E-state index in [0.717, 1.165) is 12.1 Å². The minimum atomic E-state index is -3.96. The van der Waals surface area contributed by atoms with Crippen molar-refractivity contribution < 1.29 is 22.7 Å². The van der Waals surface area contributed by atoms with Crippen LogP contribution >= 0.6 is 22.3 Å². The van der Waals surface area contributed by atoms with Gasteiger partial charge in [-0.15, -0.1) is 0 Å². The molecule has 5 nitrogen and oxygen atoms in total. The summed E-state index contributed by atoms with van der Waals surface area (Å²) in [5, 5.41) is 0.0769. The Morgan fingerprint density at radius 2 is 2.00 bits per heavy atom. The minimum Gasteiger partial charge on any atom is -0.457 e. The molecule has 0 aromatic heterocycles. The number of ether oxygens (including phenoxy) is 2. The molecule has 0 aliphatic heterocycles. The van der Waals surface area contributed by atoms with Crippen molar-refractivity contribution in [1.82, 2.24) is 0 Å². The van der Waals surface area contributed by atoms with Crippen LogP contribution in [0.25, 0.3) is 0 Å². The van der Waals surface area contributed by atoms with E-state index in [1.54, 1.807) is 6.92 Å². The maximum atomic E-state index is 11.8. The first-order valence-corrected chi connectivity index (χ1v) is 7.88. The zero-order chi connectivity index (χ0) is 14.6. The van der Waals surface area contributed by atoms with Crippen molar-refractivity contribution in [3.05, 3.63) is 28.8 Å². The lowest BCUT2D eigenvalue weighted by molar-refractivity contribution is 0.0120. The average molecular weight is 327 g/mol. The molecule has 1 aromatic rings. The molecular weight excluding hydrogens is 315 g/mol. The number of carbonyl (C=O) groups excluding carboxylic acids is 1. The molecule has 0 radical (unpaired) electrons. The van der Waals surface area contributed by atoms with E-state index in [9.17, 15) is 13.2 Å². The Labute approximate surface area is 120 Å². The maximum Gasteiger partial charge on any atom is 0.338 e. The van der Waals surface area contributed by atoms with Crippen molar-refractivity contribution in [2.24, 2.45) is 0 Å². The summed E-state index contributed by atoms with van der Waals surface area (Å²) >= 11 is 5.74. The third-order valence-corrected chi connectivity index (χ3v) is 3.65. The monoisotopic (exact) mass is 326 g/mol. The van der Waals surface area contributed by atoms with E-state index < -0.39 is 21.1 Å². The van der Waals surface area contributed by atoms with Gasteiger partial charge in [-0.2, -0.15) is 0 Å². The lowest BCUT2D eigenvalue weighted by atomic mass is 10.2. The molecule has 0 fully saturated rings. The molecule has 1 aromatic carbocycles. The summed E-state index contributed by atoms with van der Waals surface area (Å²) in [5.74, 6) is -0.700. The van der Waals surface area contributed by atoms with Gasteiger partial charge in [0.15, 0.2) is 0 Å². The molecule has 0 amide bonds. The Morgan fingerprint density at radius 1 is 1.37 bits per heavy atom. The third-order valence-electron chi connectivity index (χ3n) is 2.10. The molecule has 1 unspecified atom stereocenters. The molecule has 1 atom stereocenters. The SMILES string of the molecule is COCC(C)OC(=O)c1cc(Cl)cc(S(=O)(=O)Cl)c1. The Morgan fingerprint density at radius 3 is 2.53 bits per heavy atom. The summed E-state index contributed by atoms with van der Waals surface area (Å²) in [5.41, 5.74) is 0.00896. The first-order chi connectivity index (χ1) is 8.74. The van der Waals surface area contributed by atoms with Gasteiger partial charge in [0.2, 0.25) is 0 Å². The van der Waals surface area contributed by atoms with Crippen molar-refractivity contribution >= 4 is 37.3 Å². The zero-order valence-corrected chi connectivity index (χ0v) is 12.6. The van der Waals surface area contributed by atoms with Crippen LogP contribution < -0.4 is 0 Å². The molecule has 19 heavy (non-hydrogen) atoms. The van der Waals surface area contributed by atoms with Crippen LogP contribution in [0.5, 0.6) is 0 Å². The maximum absolute atomic E-state index is 11.8. The normalized spacial score (nSPS) is 13.1. The van der Waals surface area contributed by atoms with Gasteiger partial charge in [0.1, 0.15) is 6.10 Å². The smallest absolute Gasteiger partial charge is 0.338 e. The van der Waals surface area contributed by atoms with E-state index in [1.165, 1.54) is 13.2 Å². The number of methoxy groups -OCH3 is 1. The molecule has 8 heteroatoms. The van der Waals surface area contributed by atoms with Crippen LogP contribution in [0.1, 0.15) is 17.3 Å². The van der Waals surface area contributed by atoms with Gasteiger partial charge in [0.05, 0.1) is 17.1 Å². The highest BCUT2D eigenvalue weighted by molar-refractivity contribution is 8.13. The molecular formula is C11H12Cl2O5S. The lowest BCUT2D eigenvalue weighted by Gasteiger charge is -2.12. The Balaban J connectivity index is 3.01. The van der Waals surface area contributed by atoms with Gasteiger partial charge in [0, 0.05) is 22.8 Å². The van der Waals surface area contributed by atoms with Crippen LogP contribution in [0.4, 0.5) is 0 Å². The number of hydrogen-bond acceptors (Lipinski definition) is 5. The number of esters is 1. The van der Waals surface area contributed by atoms with Gasteiger partial charge < -0.3 is 9.47 Å². The summed E-state index contributed by atoms with van der Waals surface area (Å²) in [6.45, 7) is 1.87. The molecule has 0 bridgehead atoms. The van der Waals surface area contributed by atoms with E-state index in [2.05, 4.69) is 0 Å². The van der Waals surface area contributed by atoms with E-state index in [1.807, 2.05) is 0 Å². The number of halogens is 2. The zero-order valence-electron chi connectivity index (χ0n) is 10.2. The van der Waals surface area contributed by atoms with Gasteiger partial charge >= 0.3 is 5.97 Å². The Kier molecular flexibility index (Phi) is 5.61. The fourth-order valence-electron chi connectivity index (χ4n) is 1.34. The molecule has 0 saturated carbocycles. The number of rotatable bonds is 5. The second-order valence-electron chi connectivity index (χ2n) is 3.78. The van der Waals surface area contributed by atoms with Crippen molar-refractivity contribution in [3.63, 3.8) is 0 Å². The fourth-order valence-corrected chi connectivity index (χ4v) is 2.44. The van der Waals surface area contributed by atoms with Gasteiger partial charge in [0.25, 0.3) is 9.05 Å². The van der Waals surface area contributed by atoms with Gasteiger partial charge in [-0.1, -0.05) is 11.6 Å². The van der Waals surface area contributed by atoms with E-state index >= 15 is 0 Å². The van der Waals surface area contributed by atoms with Crippen molar-refractivity contribution in [1.29, 1.82) is 0 Å². The highest BCUT2D eigenvalue weighted by Gasteiger charge is 2.17. The summed E-state index contributed by atoms with van der Waals surface area (Å²) in [4.78, 5) is 11.5. The van der Waals surface area contributed by atoms with Crippen molar-refractivity contribution in [2.45, 2.75) is 17.9 Å². The predicted molar refractivity (Wildman–Crippen MR) is 71.2 cm³/mol. The highest BCUT2D eigenvalue weighted by atomic mass is 35.7. The van der Waals surface area contributed by atoms with Crippen molar-refractivity contribution in [2.75, 3.05) is 13.7 Å². The predicted octanol–water partition coefficient (Wildman–Crippen LogP) is 2.46. The number of hydrogen-bond donors (Lipinski definition) is 0. The first-order valence-electron chi connectivity index (χ1n) is 5.19. The molecule has 106 valence electrons. The summed E-state index contributed by atoms with van der Waals surface area (Å²) in [6, 6.07) is 3.56. The molecule has 0 aliphatic carbocycles. The van der Waals surface area contributed by atoms with Gasteiger partial charge in [-0.05, 0) is 25.1 Å². The Bertz CT molecular complexity index is 570. The second kappa shape index (κ2) is 6.56. The van der Waals surface area contributed by atoms with Crippen LogP contribution in [0.15, 0.2) is 23.1 Å². The van der Waals surface area contributed by atoms with Crippen LogP contribution in [-0.4, -0.2) is 34.2 Å². The molecule has 1 rings (SSSR count). The average Bonchev–Trinajstić information content (AvgIpc) is 2.27. The highest BCUT2D eigenvalue weighted by Crippen LogP contribution is 2.22. The van der Waals surface area contributed by atoms with E-state index in [4.69, 9.17) is 31.8 Å². The van der Waals surface area contributed by atoms with Gasteiger partial charge in [-0.3, -0.25) is 0 Å². The molecule has 0 N–H and O–H groups in total. The minimum absolute atomic E-state index is 0.00896. The van der Waals surface area contributed by atoms with E-state index in [0.29, 0.717) is 0 Å². The van der Waals surface area contributed by atoms with Crippen LogP contribution in [0, 0.1) is 0 Å². The summed E-state index contributed by atoms with van der Waals surface area (Å²) in [6.07, 6.45) is -0.465.